The van der Waals surface area contributed by atoms with E-state index in [0.29, 0.717) is 6.61 Å². The highest BCUT2D eigenvalue weighted by atomic mass is 16.5. The van der Waals surface area contributed by atoms with Gasteiger partial charge in [-0.3, -0.25) is 0 Å². The predicted molar refractivity (Wildman–Crippen MR) is 96.6 cm³/mol. The van der Waals surface area contributed by atoms with Crippen molar-refractivity contribution < 1.29 is 9.47 Å². The van der Waals surface area contributed by atoms with Gasteiger partial charge in [0.1, 0.15) is 24.5 Å². The Morgan fingerprint density at radius 3 is 2.72 bits per heavy atom. The molecule has 1 N–H and O–H groups in total. The summed E-state index contributed by atoms with van der Waals surface area (Å²) in [7, 11) is 0. The molecule has 1 aliphatic carbocycles. The number of hydrogen-bond acceptors (Lipinski definition) is 5. The van der Waals surface area contributed by atoms with E-state index < -0.39 is 0 Å². The summed E-state index contributed by atoms with van der Waals surface area (Å²) < 4.78 is 13.9. The molecule has 4 atom stereocenters. The number of rotatable bonds is 8. The molecule has 6 heteroatoms. The number of para-hydroxylation sites is 1. The Kier molecular flexibility index (Phi) is 5.39. The molecule has 0 radical (unpaired) electrons. The topological polar surface area (TPSA) is 61.2 Å². The SMILES string of the molecule is CCOC1CC(NC(C)C(C)(C)n2cncn2)C1Oc1ccccc1. The highest BCUT2D eigenvalue weighted by Crippen LogP contribution is 2.31. The van der Waals surface area contributed by atoms with Crippen LogP contribution in [0.25, 0.3) is 0 Å². The highest BCUT2D eigenvalue weighted by molar-refractivity contribution is 5.22. The molecule has 0 amide bonds. The van der Waals surface area contributed by atoms with Gasteiger partial charge in [-0.25, -0.2) is 9.67 Å². The lowest BCUT2D eigenvalue weighted by Gasteiger charge is -2.47. The maximum absolute atomic E-state index is 6.21. The molecule has 1 aromatic carbocycles. The van der Waals surface area contributed by atoms with E-state index >= 15 is 0 Å². The van der Waals surface area contributed by atoms with Crippen LogP contribution in [0.1, 0.15) is 34.1 Å². The maximum atomic E-state index is 6.21. The van der Waals surface area contributed by atoms with Crippen molar-refractivity contribution >= 4 is 0 Å². The molecule has 3 rings (SSSR count). The summed E-state index contributed by atoms with van der Waals surface area (Å²) in [6, 6.07) is 10.4. The first-order chi connectivity index (χ1) is 12.0. The lowest BCUT2D eigenvalue weighted by atomic mass is 9.83. The quantitative estimate of drug-likeness (QED) is 0.798. The first kappa shape index (κ1) is 17.9. The third kappa shape index (κ3) is 3.85. The van der Waals surface area contributed by atoms with Crippen LogP contribution in [0.2, 0.25) is 0 Å². The van der Waals surface area contributed by atoms with Gasteiger partial charge in [-0.1, -0.05) is 18.2 Å². The number of ether oxygens (including phenoxy) is 2. The monoisotopic (exact) mass is 344 g/mol. The molecule has 2 aromatic rings. The summed E-state index contributed by atoms with van der Waals surface area (Å²) in [4.78, 5) is 4.07. The van der Waals surface area contributed by atoms with Gasteiger partial charge in [0.25, 0.3) is 0 Å². The Morgan fingerprint density at radius 2 is 2.08 bits per heavy atom. The zero-order chi connectivity index (χ0) is 17.9. The molecule has 6 nitrogen and oxygen atoms in total. The van der Waals surface area contributed by atoms with Crippen LogP contribution in [0.4, 0.5) is 0 Å². The van der Waals surface area contributed by atoms with Gasteiger partial charge in [0.15, 0.2) is 0 Å². The molecule has 4 unspecified atom stereocenters. The second-order valence-electron chi connectivity index (χ2n) is 7.11. The van der Waals surface area contributed by atoms with Crippen LogP contribution < -0.4 is 10.1 Å². The fourth-order valence-electron chi connectivity index (χ4n) is 3.17. The van der Waals surface area contributed by atoms with Crippen LogP contribution in [-0.4, -0.2) is 45.7 Å². The molecule has 1 aliphatic rings. The molecule has 1 fully saturated rings. The lowest BCUT2D eigenvalue weighted by molar-refractivity contribution is -0.106. The zero-order valence-corrected chi connectivity index (χ0v) is 15.4. The first-order valence-electron chi connectivity index (χ1n) is 8.96. The number of benzene rings is 1. The van der Waals surface area contributed by atoms with E-state index in [1.807, 2.05) is 41.9 Å². The molecular formula is C19H28N4O2. The molecule has 0 spiro atoms. The molecule has 25 heavy (non-hydrogen) atoms. The van der Waals surface area contributed by atoms with Gasteiger partial charge in [0, 0.05) is 18.7 Å². The molecule has 0 bridgehead atoms. The zero-order valence-electron chi connectivity index (χ0n) is 15.4. The van der Waals surface area contributed by atoms with E-state index in [4.69, 9.17) is 9.47 Å². The number of hydrogen-bond donors (Lipinski definition) is 1. The lowest BCUT2D eigenvalue weighted by Crippen LogP contribution is -2.65. The largest absolute Gasteiger partial charge is 0.486 e. The fourth-order valence-corrected chi connectivity index (χ4v) is 3.17. The summed E-state index contributed by atoms with van der Waals surface area (Å²) >= 11 is 0. The van der Waals surface area contributed by atoms with Crippen molar-refractivity contribution in [2.24, 2.45) is 0 Å². The summed E-state index contributed by atoms with van der Waals surface area (Å²) in [5.41, 5.74) is -0.190. The van der Waals surface area contributed by atoms with E-state index in [1.54, 1.807) is 12.7 Å². The van der Waals surface area contributed by atoms with Gasteiger partial charge in [0.05, 0.1) is 11.6 Å². The third-order valence-corrected chi connectivity index (χ3v) is 5.18. The van der Waals surface area contributed by atoms with Crippen LogP contribution in [-0.2, 0) is 10.3 Å². The number of aromatic nitrogens is 3. The van der Waals surface area contributed by atoms with Crippen molar-refractivity contribution in [2.75, 3.05) is 6.61 Å². The minimum atomic E-state index is -0.190. The minimum absolute atomic E-state index is 0.0105. The molecule has 136 valence electrons. The van der Waals surface area contributed by atoms with Crippen molar-refractivity contribution in [3.63, 3.8) is 0 Å². The fraction of sp³-hybridized carbons (Fsp3) is 0.579. The first-order valence-corrected chi connectivity index (χ1v) is 8.96. The summed E-state index contributed by atoms with van der Waals surface area (Å²) in [5.74, 6) is 0.881. The van der Waals surface area contributed by atoms with Gasteiger partial charge < -0.3 is 14.8 Å². The van der Waals surface area contributed by atoms with E-state index in [-0.39, 0.29) is 29.8 Å². The number of nitrogens with zero attached hydrogens (tertiary/aromatic N) is 3. The minimum Gasteiger partial charge on any atom is -0.486 e. The maximum Gasteiger partial charge on any atom is 0.140 e. The van der Waals surface area contributed by atoms with E-state index in [2.05, 4.69) is 36.2 Å². The molecular weight excluding hydrogens is 316 g/mol. The Bertz CT molecular complexity index is 645. The van der Waals surface area contributed by atoms with Crippen LogP contribution >= 0.6 is 0 Å². The summed E-state index contributed by atoms with van der Waals surface area (Å²) in [5, 5.41) is 8.01. The van der Waals surface area contributed by atoms with E-state index in [0.717, 1.165) is 12.2 Å². The second kappa shape index (κ2) is 7.54. The molecule has 1 aromatic heterocycles. The Hall–Kier alpha value is -1.92. The molecule has 1 heterocycles. The summed E-state index contributed by atoms with van der Waals surface area (Å²) in [6.45, 7) is 9.22. The highest BCUT2D eigenvalue weighted by Gasteiger charge is 2.45. The Balaban J connectivity index is 1.66. The van der Waals surface area contributed by atoms with Crippen molar-refractivity contribution in [3.8, 4) is 5.75 Å². The van der Waals surface area contributed by atoms with Crippen LogP contribution in [0.5, 0.6) is 5.75 Å². The normalized spacial score (nSPS) is 24.6. The van der Waals surface area contributed by atoms with Crippen molar-refractivity contribution in [3.05, 3.63) is 43.0 Å². The predicted octanol–water partition coefficient (Wildman–Crippen LogP) is 2.62. The van der Waals surface area contributed by atoms with E-state index in [9.17, 15) is 0 Å². The molecule has 0 aliphatic heterocycles. The summed E-state index contributed by atoms with van der Waals surface area (Å²) in [6.07, 6.45) is 4.42. The average molecular weight is 344 g/mol. The van der Waals surface area contributed by atoms with Gasteiger partial charge in [-0.15, -0.1) is 0 Å². The second-order valence-corrected chi connectivity index (χ2v) is 7.11. The van der Waals surface area contributed by atoms with Crippen LogP contribution in [0.15, 0.2) is 43.0 Å². The van der Waals surface area contributed by atoms with Gasteiger partial charge >= 0.3 is 0 Å². The standard InChI is InChI=1S/C19H28N4O2/c1-5-24-17-11-16(18(17)25-15-9-7-6-8-10-15)22-14(2)19(3,4)23-13-20-12-21-23/h6-10,12-14,16-18,22H,5,11H2,1-4H3. The smallest absolute Gasteiger partial charge is 0.140 e. The van der Waals surface area contributed by atoms with Crippen molar-refractivity contribution in [1.29, 1.82) is 0 Å². The van der Waals surface area contributed by atoms with Gasteiger partial charge in [0.2, 0.25) is 0 Å². The van der Waals surface area contributed by atoms with Crippen molar-refractivity contribution in [2.45, 2.75) is 63.9 Å². The third-order valence-electron chi connectivity index (χ3n) is 5.18. The van der Waals surface area contributed by atoms with Crippen LogP contribution in [0, 0.1) is 0 Å². The Morgan fingerprint density at radius 1 is 1.32 bits per heavy atom. The number of nitrogens with one attached hydrogen (secondary N) is 1. The van der Waals surface area contributed by atoms with Crippen molar-refractivity contribution in [1.82, 2.24) is 20.1 Å². The van der Waals surface area contributed by atoms with E-state index in [1.165, 1.54) is 0 Å². The van der Waals surface area contributed by atoms with Gasteiger partial charge in [-0.05, 0) is 46.2 Å². The molecule has 0 saturated heterocycles. The van der Waals surface area contributed by atoms with Gasteiger partial charge in [-0.2, -0.15) is 5.10 Å². The Labute approximate surface area is 149 Å². The molecule has 1 saturated carbocycles. The average Bonchev–Trinajstić information content (AvgIpc) is 3.15. The van der Waals surface area contributed by atoms with Crippen LogP contribution in [0.3, 0.4) is 0 Å².